The van der Waals surface area contributed by atoms with Crippen LogP contribution in [0.5, 0.6) is 5.75 Å². The molecule has 3 N–H and O–H groups in total. The van der Waals surface area contributed by atoms with Crippen LogP contribution in [0.4, 0.5) is 4.39 Å². The lowest BCUT2D eigenvalue weighted by Gasteiger charge is -2.21. The highest BCUT2D eigenvalue weighted by molar-refractivity contribution is 5.36. The maximum Gasteiger partial charge on any atom is 0.123 e. The van der Waals surface area contributed by atoms with Gasteiger partial charge in [-0.25, -0.2) is 4.39 Å². The number of nitrogens with one attached hydrogen (secondary N) is 1. The van der Waals surface area contributed by atoms with Gasteiger partial charge >= 0.3 is 0 Å². The maximum atomic E-state index is 13.3. The number of benzene rings is 1. The predicted molar refractivity (Wildman–Crippen MR) is 66.6 cm³/mol. The van der Waals surface area contributed by atoms with Gasteiger partial charge in [-0.05, 0) is 37.5 Å². The van der Waals surface area contributed by atoms with E-state index in [9.17, 15) is 4.39 Å². The third kappa shape index (κ3) is 2.98. The highest BCUT2D eigenvalue weighted by atomic mass is 19.1. The number of hydrogen-bond acceptors (Lipinski definition) is 4. The second kappa shape index (κ2) is 6.13. The van der Waals surface area contributed by atoms with Gasteiger partial charge in [-0.3, -0.25) is 11.3 Å². The Morgan fingerprint density at radius 1 is 1.61 bits per heavy atom. The summed E-state index contributed by atoms with van der Waals surface area (Å²) >= 11 is 0. The molecule has 2 rings (SSSR count). The first-order chi connectivity index (χ1) is 8.74. The summed E-state index contributed by atoms with van der Waals surface area (Å²) in [5, 5.41) is 0. The zero-order valence-corrected chi connectivity index (χ0v) is 10.5. The van der Waals surface area contributed by atoms with Gasteiger partial charge in [0.25, 0.3) is 0 Å². The third-order valence-corrected chi connectivity index (χ3v) is 3.29. The summed E-state index contributed by atoms with van der Waals surface area (Å²) in [4.78, 5) is 0. The summed E-state index contributed by atoms with van der Waals surface area (Å²) in [6.45, 7) is 0.794. The van der Waals surface area contributed by atoms with Crippen LogP contribution in [-0.2, 0) is 4.74 Å². The summed E-state index contributed by atoms with van der Waals surface area (Å²) in [5.41, 5.74) is 3.45. The van der Waals surface area contributed by atoms with E-state index in [0.29, 0.717) is 5.75 Å². The molecule has 0 aliphatic carbocycles. The highest BCUT2D eigenvalue weighted by Gasteiger charge is 2.23. The van der Waals surface area contributed by atoms with E-state index in [1.54, 1.807) is 13.2 Å². The molecule has 0 aromatic heterocycles. The van der Waals surface area contributed by atoms with E-state index in [1.807, 2.05) is 0 Å². The van der Waals surface area contributed by atoms with Crippen molar-refractivity contribution in [1.82, 2.24) is 5.43 Å². The Balaban J connectivity index is 2.17. The van der Waals surface area contributed by atoms with Crippen LogP contribution < -0.4 is 16.0 Å². The van der Waals surface area contributed by atoms with Gasteiger partial charge in [0.05, 0.1) is 19.3 Å². The normalized spacial score (nSPS) is 20.9. The van der Waals surface area contributed by atoms with E-state index >= 15 is 0 Å². The van der Waals surface area contributed by atoms with E-state index in [-0.39, 0.29) is 18.0 Å². The van der Waals surface area contributed by atoms with Crippen molar-refractivity contribution in [1.29, 1.82) is 0 Å². The van der Waals surface area contributed by atoms with Gasteiger partial charge in [0, 0.05) is 12.2 Å². The third-order valence-electron chi connectivity index (χ3n) is 3.29. The molecular formula is C13H19FN2O2. The molecule has 0 saturated carbocycles. The fourth-order valence-electron chi connectivity index (χ4n) is 2.36. The van der Waals surface area contributed by atoms with E-state index in [4.69, 9.17) is 15.3 Å². The van der Waals surface area contributed by atoms with Crippen LogP contribution in [0.15, 0.2) is 18.2 Å². The van der Waals surface area contributed by atoms with Crippen molar-refractivity contribution in [3.63, 3.8) is 0 Å². The molecule has 0 radical (unpaired) electrons. The molecule has 2 atom stereocenters. The zero-order valence-electron chi connectivity index (χ0n) is 10.5. The van der Waals surface area contributed by atoms with Crippen LogP contribution in [0.1, 0.15) is 30.9 Å². The number of ether oxygens (including phenoxy) is 2. The van der Waals surface area contributed by atoms with Gasteiger partial charge in [0.1, 0.15) is 11.6 Å². The van der Waals surface area contributed by atoms with Crippen LogP contribution in [0.2, 0.25) is 0 Å². The lowest BCUT2D eigenvalue weighted by molar-refractivity contribution is 0.0942. The Morgan fingerprint density at radius 3 is 3.06 bits per heavy atom. The number of hydrogen-bond donors (Lipinski definition) is 2. The largest absolute Gasteiger partial charge is 0.496 e. The lowest BCUT2D eigenvalue weighted by atomic mass is 9.99. The average molecular weight is 254 g/mol. The van der Waals surface area contributed by atoms with Gasteiger partial charge in [0.15, 0.2) is 0 Å². The van der Waals surface area contributed by atoms with E-state index in [0.717, 1.165) is 31.4 Å². The summed E-state index contributed by atoms with van der Waals surface area (Å²) < 4.78 is 24.2. The van der Waals surface area contributed by atoms with Crippen LogP contribution >= 0.6 is 0 Å². The summed E-state index contributed by atoms with van der Waals surface area (Å²) in [6, 6.07) is 4.28. The van der Waals surface area contributed by atoms with Gasteiger partial charge in [0.2, 0.25) is 0 Å². The quantitative estimate of drug-likeness (QED) is 0.622. The summed E-state index contributed by atoms with van der Waals surface area (Å²) in [5.74, 6) is 5.92. The minimum absolute atomic E-state index is 0.168. The fourth-order valence-corrected chi connectivity index (χ4v) is 2.36. The molecule has 0 amide bonds. The Kier molecular flexibility index (Phi) is 4.52. The van der Waals surface area contributed by atoms with Crippen molar-refractivity contribution < 1.29 is 13.9 Å². The van der Waals surface area contributed by atoms with Crippen molar-refractivity contribution in [3.8, 4) is 5.75 Å². The monoisotopic (exact) mass is 254 g/mol. The molecule has 1 fully saturated rings. The van der Waals surface area contributed by atoms with Crippen molar-refractivity contribution in [2.45, 2.75) is 31.4 Å². The second-order valence-corrected chi connectivity index (χ2v) is 4.48. The van der Waals surface area contributed by atoms with Gasteiger partial charge in [-0.1, -0.05) is 0 Å². The SMILES string of the molecule is COc1ccc(F)cc1C(CC1CCCO1)NN. The Hall–Kier alpha value is -1.17. The maximum absolute atomic E-state index is 13.3. The van der Waals surface area contributed by atoms with E-state index in [2.05, 4.69) is 5.43 Å². The number of hydrazine groups is 1. The average Bonchev–Trinajstić information content (AvgIpc) is 2.88. The topological polar surface area (TPSA) is 56.5 Å². The molecular weight excluding hydrogens is 235 g/mol. The van der Waals surface area contributed by atoms with Crippen LogP contribution in [-0.4, -0.2) is 19.8 Å². The molecule has 5 heteroatoms. The van der Waals surface area contributed by atoms with Crippen molar-refractivity contribution >= 4 is 0 Å². The summed E-state index contributed by atoms with van der Waals surface area (Å²) in [6.07, 6.45) is 2.99. The molecule has 1 heterocycles. The molecule has 1 saturated heterocycles. The predicted octanol–water partition coefficient (Wildman–Crippen LogP) is 1.91. The molecule has 1 aromatic rings. The Labute approximate surface area is 106 Å². The number of methoxy groups -OCH3 is 1. The lowest BCUT2D eigenvalue weighted by Crippen LogP contribution is -2.31. The molecule has 0 spiro atoms. The van der Waals surface area contributed by atoms with Crippen molar-refractivity contribution in [3.05, 3.63) is 29.6 Å². The number of halogens is 1. The van der Waals surface area contributed by atoms with Gasteiger partial charge in [-0.15, -0.1) is 0 Å². The standard InChI is InChI=1S/C13H19FN2O2/c1-17-13-5-4-9(14)7-11(13)12(16-15)8-10-3-2-6-18-10/h4-5,7,10,12,16H,2-3,6,8,15H2,1H3. The van der Waals surface area contributed by atoms with E-state index < -0.39 is 0 Å². The smallest absolute Gasteiger partial charge is 0.123 e. The van der Waals surface area contributed by atoms with Gasteiger partial charge < -0.3 is 9.47 Å². The second-order valence-electron chi connectivity index (χ2n) is 4.48. The number of rotatable bonds is 5. The van der Waals surface area contributed by atoms with Crippen LogP contribution in [0.3, 0.4) is 0 Å². The van der Waals surface area contributed by atoms with Crippen LogP contribution in [0.25, 0.3) is 0 Å². The molecule has 1 aliphatic rings. The highest BCUT2D eigenvalue weighted by Crippen LogP contribution is 2.31. The molecule has 1 aromatic carbocycles. The Bertz CT molecular complexity index is 395. The number of nitrogens with two attached hydrogens (primary N) is 1. The fraction of sp³-hybridized carbons (Fsp3) is 0.538. The van der Waals surface area contributed by atoms with Gasteiger partial charge in [-0.2, -0.15) is 0 Å². The summed E-state index contributed by atoms with van der Waals surface area (Å²) in [7, 11) is 1.57. The molecule has 1 aliphatic heterocycles. The zero-order chi connectivity index (χ0) is 13.0. The van der Waals surface area contributed by atoms with E-state index in [1.165, 1.54) is 12.1 Å². The first-order valence-corrected chi connectivity index (χ1v) is 6.15. The van der Waals surface area contributed by atoms with Crippen molar-refractivity contribution in [2.75, 3.05) is 13.7 Å². The Morgan fingerprint density at radius 2 is 2.44 bits per heavy atom. The molecule has 100 valence electrons. The first-order valence-electron chi connectivity index (χ1n) is 6.15. The minimum atomic E-state index is -0.293. The first kappa shape index (κ1) is 13.3. The molecule has 0 bridgehead atoms. The van der Waals surface area contributed by atoms with Crippen LogP contribution in [0, 0.1) is 5.82 Å². The van der Waals surface area contributed by atoms with Crippen molar-refractivity contribution in [2.24, 2.45) is 5.84 Å². The molecule has 4 nitrogen and oxygen atoms in total. The minimum Gasteiger partial charge on any atom is -0.496 e. The molecule has 2 unspecified atom stereocenters. The molecule has 18 heavy (non-hydrogen) atoms.